The number of rotatable bonds is 5. The molecule has 12 aromatic rings. The molecular formula is C54H34N2O. The Balaban J connectivity index is 1.05. The molecule has 0 radical (unpaired) electrons. The number of hydrogen-bond donors (Lipinski definition) is 0. The van der Waals surface area contributed by atoms with E-state index in [9.17, 15) is 0 Å². The third kappa shape index (κ3) is 4.92. The Morgan fingerprint density at radius 3 is 1.58 bits per heavy atom. The summed E-state index contributed by atoms with van der Waals surface area (Å²) < 4.78 is 11.3. The van der Waals surface area contributed by atoms with Gasteiger partial charge in [-0.05, 0) is 106 Å². The highest BCUT2D eigenvalue weighted by molar-refractivity contribution is 6.25. The molecule has 3 aromatic heterocycles. The predicted molar refractivity (Wildman–Crippen MR) is 239 cm³/mol. The zero-order valence-corrected chi connectivity index (χ0v) is 30.9. The summed E-state index contributed by atoms with van der Waals surface area (Å²) in [6, 6.07) is 74.4. The van der Waals surface area contributed by atoms with Crippen LogP contribution in [-0.2, 0) is 0 Å². The minimum Gasteiger partial charge on any atom is -0.456 e. The van der Waals surface area contributed by atoms with Crippen molar-refractivity contribution >= 4 is 65.6 Å². The van der Waals surface area contributed by atoms with Crippen molar-refractivity contribution < 1.29 is 4.42 Å². The third-order valence-corrected chi connectivity index (χ3v) is 11.7. The fraction of sp³-hybridized carbons (Fsp3) is 0. The first kappa shape index (κ1) is 31.7. The molecule has 266 valence electrons. The minimum atomic E-state index is 0.894. The summed E-state index contributed by atoms with van der Waals surface area (Å²) in [5.41, 5.74) is 16.0. The summed E-state index contributed by atoms with van der Waals surface area (Å²) in [4.78, 5) is 0. The molecule has 0 N–H and O–H groups in total. The van der Waals surface area contributed by atoms with Crippen molar-refractivity contribution in [3.8, 4) is 44.8 Å². The van der Waals surface area contributed by atoms with E-state index in [4.69, 9.17) is 4.42 Å². The van der Waals surface area contributed by atoms with Crippen molar-refractivity contribution in [1.29, 1.82) is 0 Å². The topological polar surface area (TPSA) is 23.0 Å². The number of furan rings is 1. The van der Waals surface area contributed by atoms with Gasteiger partial charge in [-0.25, -0.2) is 0 Å². The van der Waals surface area contributed by atoms with Gasteiger partial charge < -0.3 is 13.6 Å². The van der Waals surface area contributed by atoms with Gasteiger partial charge >= 0.3 is 0 Å². The zero-order valence-electron chi connectivity index (χ0n) is 30.9. The first-order valence-corrected chi connectivity index (χ1v) is 19.5. The average Bonchev–Trinajstić information content (AvgIpc) is 3.94. The van der Waals surface area contributed by atoms with E-state index in [1.807, 2.05) is 6.07 Å². The molecule has 57 heavy (non-hydrogen) atoms. The maximum Gasteiger partial charge on any atom is 0.137 e. The molecule has 0 bridgehead atoms. The summed E-state index contributed by atoms with van der Waals surface area (Å²) in [5.74, 6) is 0. The number of fused-ring (bicyclic) bond motifs is 10. The van der Waals surface area contributed by atoms with Crippen molar-refractivity contribution in [2.24, 2.45) is 0 Å². The molecule has 0 spiro atoms. The number of nitrogens with zero attached hydrogens (tertiary/aromatic N) is 2. The Morgan fingerprint density at radius 1 is 0.281 bits per heavy atom. The van der Waals surface area contributed by atoms with Gasteiger partial charge in [0.25, 0.3) is 0 Å². The van der Waals surface area contributed by atoms with Crippen LogP contribution in [0.2, 0.25) is 0 Å². The van der Waals surface area contributed by atoms with E-state index < -0.39 is 0 Å². The van der Waals surface area contributed by atoms with E-state index in [-0.39, 0.29) is 0 Å². The van der Waals surface area contributed by atoms with Crippen LogP contribution in [0.25, 0.3) is 110 Å². The van der Waals surface area contributed by atoms with Gasteiger partial charge in [-0.15, -0.1) is 0 Å². The highest BCUT2D eigenvalue weighted by Crippen LogP contribution is 2.43. The van der Waals surface area contributed by atoms with E-state index in [1.54, 1.807) is 0 Å². The maximum atomic E-state index is 6.44. The Morgan fingerprint density at radius 2 is 0.825 bits per heavy atom. The smallest absolute Gasteiger partial charge is 0.137 e. The third-order valence-electron chi connectivity index (χ3n) is 11.7. The Kier molecular flexibility index (Phi) is 6.93. The summed E-state index contributed by atoms with van der Waals surface area (Å²) >= 11 is 0. The normalized spacial score (nSPS) is 11.9. The van der Waals surface area contributed by atoms with Crippen molar-refractivity contribution in [2.45, 2.75) is 0 Å². The van der Waals surface area contributed by atoms with Crippen LogP contribution >= 0.6 is 0 Å². The van der Waals surface area contributed by atoms with Crippen LogP contribution in [0.5, 0.6) is 0 Å². The van der Waals surface area contributed by atoms with E-state index in [1.165, 1.54) is 66.0 Å². The Labute approximate surface area is 328 Å². The van der Waals surface area contributed by atoms with E-state index in [2.05, 4.69) is 209 Å². The van der Waals surface area contributed by atoms with Gasteiger partial charge in [-0.1, -0.05) is 133 Å². The van der Waals surface area contributed by atoms with E-state index in [0.717, 1.165) is 44.3 Å². The van der Waals surface area contributed by atoms with Crippen LogP contribution in [-0.4, -0.2) is 9.13 Å². The molecule has 0 saturated heterocycles. The van der Waals surface area contributed by atoms with Gasteiger partial charge in [0.1, 0.15) is 11.2 Å². The molecular weight excluding hydrogens is 693 g/mol. The van der Waals surface area contributed by atoms with Crippen LogP contribution in [0.1, 0.15) is 0 Å². The molecule has 0 aliphatic rings. The summed E-state index contributed by atoms with van der Waals surface area (Å²) in [6.07, 6.45) is 0. The highest BCUT2D eigenvalue weighted by atomic mass is 16.3. The lowest BCUT2D eigenvalue weighted by molar-refractivity contribution is 0.669. The van der Waals surface area contributed by atoms with E-state index >= 15 is 0 Å². The number of aromatic nitrogens is 2. The van der Waals surface area contributed by atoms with Crippen LogP contribution < -0.4 is 0 Å². The lowest BCUT2D eigenvalue weighted by Crippen LogP contribution is -1.94. The van der Waals surface area contributed by atoms with Crippen LogP contribution in [0.15, 0.2) is 211 Å². The molecule has 3 nitrogen and oxygen atoms in total. The second kappa shape index (κ2) is 12.5. The van der Waals surface area contributed by atoms with Crippen molar-refractivity contribution in [2.75, 3.05) is 0 Å². The zero-order chi connectivity index (χ0) is 37.5. The van der Waals surface area contributed by atoms with Gasteiger partial charge in [0, 0.05) is 38.3 Å². The van der Waals surface area contributed by atoms with Crippen LogP contribution in [0.3, 0.4) is 0 Å². The first-order valence-electron chi connectivity index (χ1n) is 19.5. The lowest BCUT2D eigenvalue weighted by Gasteiger charge is -2.11. The van der Waals surface area contributed by atoms with Gasteiger partial charge in [0.2, 0.25) is 0 Å². The molecule has 0 aliphatic carbocycles. The molecule has 0 aliphatic heterocycles. The summed E-state index contributed by atoms with van der Waals surface area (Å²) in [6.45, 7) is 0. The molecule has 3 heterocycles. The Bertz CT molecular complexity index is 3490. The van der Waals surface area contributed by atoms with Crippen molar-refractivity contribution in [3.05, 3.63) is 206 Å². The maximum absolute atomic E-state index is 6.44. The predicted octanol–water partition coefficient (Wildman–Crippen LogP) is 14.8. The minimum absolute atomic E-state index is 0.894. The fourth-order valence-electron chi connectivity index (χ4n) is 9.08. The fourth-order valence-corrected chi connectivity index (χ4v) is 9.08. The second-order valence-corrected chi connectivity index (χ2v) is 14.9. The first-order chi connectivity index (χ1) is 28.3. The van der Waals surface area contributed by atoms with Crippen LogP contribution in [0, 0.1) is 0 Å². The molecule has 12 rings (SSSR count). The average molecular weight is 727 g/mol. The molecule has 0 saturated carbocycles. The molecule has 0 amide bonds. The number of benzene rings is 9. The molecule has 3 heteroatoms. The van der Waals surface area contributed by atoms with Gasteiger partial charge in [0.15, 0.2) is 0 Å². The van der Waals surface area contributed by atoms with Gasteiger partial charge in [0.05, 0.1) is 27.5 Å². The Hall–Kier alpha value is -7.62. The van der Waals surface area contributed by atoms with Gasteiger partial charge in [-0.3, -0.25) is 0 Å². The summed E-state index contributed by atoms with van der Waals surface area (Å²) in [5, 5.41) is 7.15. The molecule has 9 aromatic carbocycles. The lowest BCUT2D eigenvalue weighted by atomic mass is 10.00. The number of hydrogen-bond acceptors (Lipinski definition) is 1. The number of para-hydroxylation sites is 2. The standard InChI is InChI=1S/C54H34N2O/c1-3-12-35(13-4-1)37-22-26-41(27-23-37)56-50-30-25-40(34-47(50)44-28-31-52-53(54(44)56)45-19-8-10-21-51(45)57-52)39-24-29-49-46(33-39)43-18-7-9-20-48(43)55(49)42-17-11-16-38(32-42)36-14-5-2-6-15-36/h1-34H. The summed E-state index contributed by atoms with van der Waals surface area (Å²) in [7, 11) is 0. The largest absolute Gasteiger partial charge is 0.456 e. The molecule has 0 fully saturated rings. The quantitative estimate of drug-likeness (QED) is 0.173. The van der Waals surface area contributed by atoms with E-state index in [0.29, 0.717) is 0 Å². The van der Waals surface area contributed by atoms with Crippen LogP contribution in [0.4, 0.5) is 0 Å². The molecule has 0 atom stereocenters. The molecule has 0 unspecified atom stereocenters. The second-order valence-electron chi connectivity index (χ2n) is 14.9. The SMILES string of the molecule is c1ccc(-c2ccc(-n3c4ccc(-c5ccc6c(c5)c5ccccc5n6-c5cccc(-c6ccccc6)c5)cc4c4ccc5oc6ccccc6c5c43)cc2)cc1. The highest BCUT2D eigenvalue weighted by Gasteiger charge is 2.20. The van der Waals surface area contributed by atoms with Gasteiger partial charge in [-0.2, -0.15) is 0 Å². The monoisotopic (exact) mass is 726 g/mol. The van der Waals surface area contributed by atoms with Crippen molar-refractivity contribution in [1.82, 2.24) is 9.13 Å². The van der Waals surface area contributed by atoms with Crippen molar-refractivity contribution in [3.63, 3.8) is 0 Å².